The van der Waals surface area contributed by atoms with Crippen molar-refractivity contribution in [3.8, 4) is 11.1 Å². The van der Waals surface area contributed by atoms with Crippen molar-refractivity contribution >= 4 is 17.4 Å². The topological polar surface area (TPSA) is 17.1 Å². The van der Waals surface area contributed by atoms with E-state index in [1.165, 1.54) is 0 Å². The Labute approximate surface area is 138 Å². The van der Waals surface area contributed by atoms with E-state index >= 15 is 0 Å². The molecule has 0 unspecified atom stereocenters. The van der Waals surface area contributed by atoms with Crippen molar-refractivity contribution in [3.63, 3.8) is 0 Å². The average molecular weight is 315 g/mol. The quantitative estimate of drug-likeness (QED) is 0.540. The Morgan fingerprint density at radius 3 is 2.27 bits per heavy atom. The summed E-state index contributed by atoms with van der Waals surface area (Å²) in [5, 5.41) is 0.685. The molecule has 0 saturated heterocycles. The third kappa shape index (κ3) is 3.78. The van der Waals surface area contributed by atoms with E-state index in [0.717, 1.165) is 42.4 Å². The van der Waals surface area contributed by atoms with E-state index in [-0.39, 0.29) is 11.7 Å². The largest absolute Gasteiger partial charge is 0.294 e. The lowest BCUT2D eigenvalue weighted by Crippen LogP contribution is -2.15. The number of benzene rings is 2. The van der Waals surface area contributed by atoms with Gasteiger partial charge in [0.05, 0.1) is 0 Å². The molecule has 0 bridgehead atoms. The molecule has 0 spiro atoms. The zero-order valence-electron chi connectivity index (χ0n) is 13.3. The first-order valence-corrected chi connectivity index (χ1v) is 8.45. The summed E-state index contributed by atoms with van der Waals surface area (Å²) in [5.74, 6) is 0.343. The van der Waals surface area contributed by atoms with Gasteiger partial charge in [-0.3, -0.25) is 4.79 Å². The third-order valence-corrected chi connectivity index (χ3v) is 4.46. The molecule has 0 amide bonds. The van der Waals surface area contributed by atoms with Crippen molar-refractivity contribution < 1.29 is 4.79 Å². The number of carbonyl (C=O) groups is 1. The standard InChI is InChI=1S/C20H23ClO/c1-3-5-10-15(4-2)20(22)18-13-7-6-11-16(18)17-12-8-9-14-19(17)21/h6-9,11-15H,3-5,10H2,1-2H3/t15-/m0/s1. The molecule has 0 radical (unpaired) electrons. The lowest BCUT2D eigenvalue weighted by molar-refractivity contribution is 0.0909. The van der Waals surface area contributed by atoms with Crippen molar-refractivity contribution in [1.29, 1.82) is 0 Å². The van der Waals surface area contributed by atoms with Gasteiger partial charge in [-0.2, -0.15) is 0 Å². The fourth-order valence-corrected chi connectivity index (χ4v) is 3.04. The highest BCUT2D eigenvalue weighted by molar-refractivity contribution is 6.33. The second kappa shape index (κ2) is 8.14. The minimum absolute atomic E-state index is 0.101. The zero-order chi connectivity index (χ0) is 15.9. The molecule has 0 fully saturated rings. The molecule has 22 heavy (non-hydrogen) atoms. The van der Waals surface area contributed by atoms with Crippen LogP contribution in [0.1, 0.15) is 49.9 Å². The number of hydrogen-bond acceptors (Lipinski definition) is 1. The van der Waals surface area contributed by atoms with Gasteiger partial charge >= 0.3 is 0 Å². The fraction of sp³-hybridized carbons (Fsp3) is 0.350. The van der Waals surface area contributed by atoms with Gasteiger partial charge in [-0.1, -0.05) is 80.8 Å². The Balaban J connectivity index is 2.40. The number of rotatable bonds is 7. The molecule has 1 atom stereocenters. The summed E-state index contributed by atoms with van der Waals surface area (Å²) < 4.78 is 0. The van der Waals surface area contributed by atoms with E-state index in [1.807, 2.05) is 48.5 Å². The van der Waals surface area contributed by atoms with Crippen molar-refractivity contribution in [2.24, 2.45) is 5.92 Å². The first-order valence-electron chi connectivity index (χ1n) is 8.07. The Bertz CT molecular complexity index is 633. The van der Waals surface area contributed by atoms with Crippen molar-refractivity contribution in [3.05, 3.63) is 59.1 Å². The van der Waals surface area contributed by atoms with Crippen LogP contribution in [0.5, 0.6) is 0 Å². The molecule has 2 aromatic carbocycles. The van der Waals surface area contributed by atoms with Gasteiger partial charge in [-0.25, -0.2) is 0 Å². The van der Waals surface area contributed by atoms with Gasteiger partial charge in [-0.15, -0.1) is 0 Å². The molecule has 0 aromatic heterocycles. The fourth-order valence-electron chi connectivity index (χ4n) is 2.80. The third-order valence-electron chi connectivity index (χ3n) is 4.13. The van der Waals surface area contributed by atoms with Gasteiger partial charge in [-0.05, 0) is 24.5 Å². The van der Waals surface area contributed by atoms with Crippen molar-refractivity contribution in [1.82, 2.24) is 0 Å². The lowest BCUT2D eigenvalue weighted by Gasteiger charge is -2.16. The Morgan fingerprint density at radius 1 is 1.00 bits per heavy atom. The molecule has 2 rings (SSSR count). The average Bonchev–Trinajstić information content (AvgIpc) is 2.56. The summed E-state index contributed by atoms with van der Waals surface area (Å²) in [7, 11) is 0. The monoisotopic (exact) mass is 314 g/mol. The van der Waals surface area contributed by atoms with E-state index in [1.54, 1.807) is 0 Å². The maximum atomic E-state index is 12.9. The van der Waals surface area contributed by atoms with Crippen LogP contribution in [-0.4, -0.2) is 5.78 Å². The van der Waals surface area contributed by atoms with Crippen LogP contribution in [0.3, 0.4) is 0 Å². The molecule has 0 N–H and O–H groups in total. The van der Waals surface area contributed by atoms with Gasteiger partial charge in [0.25, 0.3) is 0 Å². The van der Waals surface area contributed by atoms with E-state index in [4.69, 9.17) is 11.6 Å². The molecule has 0 heterocycles. The summed E-state index contributed by atoms with van der Waals surface area (Å²) in [6, 6.07) is 15.5. The molecule has 0 aliphatic carbocycles. The highest BCUT2D eigenvalue weighted by atomic mass is 35.5. The number of ketones is 1. The van der Waals surface area contributed by atoms with Crippen LogP contribution in [0.15, 0.2) is 48.5 Å². The molecule has 2 heteroatoms. The van der Waals surface area contributed by atoms with Crippen LogP contribution in [0.4, 0.5) is 0 Å². The van der Waals surface area contributed by atoms with Crippen LogP contribution in [0.2, 0.25) is 5.02 Å². The molecule has 116 valence electrons. The SMILES string of the molecule is CCCC[C@H](CC)C(=O)c1ccccc1-c1ccccc1Cl. The summed E-state index contributed by atoms with van der Waals surface area (Å²) in [6.07, 6.45) is 4.06. The molecule has 1 nitrogen and oxygen atoms in total. The Kier molecular flexibility index (Phi) is 6.21. The normalized spacial score (nSPS) is 12.1. The van der Waals surface area contributed by atoms with Crippen LogP contribution in [0, 0.1) is 5.92 Å². The van der Waals surface area contributed by atoms with Gasteiger partial charge < -0.3 is 0 Å². The number of unbranched alkanes of at least 4 members (excludes halogenated alkanes) is 1. The predicted octanol–water partition coefficient (Wildman–Crippen LogP) is 6.41. The number of Topliss-reactive ketones (excluding diaryl/α,β-unsaturated/α-hetero) is 1. The van der Waals surface area contributed by atoms with Crippen molar-refractivity contribution in [2.75, 3.05) is 0 Å². The first-order chi connectivity index (χ1) is 10.7. The van der Waals surface area contributed by atoms with E-state index in [9.17, 15) is 4.79 Å². The predicted molar refractivity (Wildman–Crippen MR) is 94.5 cm³/mol. The maximum absolute atomic E-state index is 12.9. The maximum Gasteiger partial charge on any atom is 0.166 e. The second-order valence-corrected chi connectivity index (χ2v) is 6.04. The van der Waals surface area contributed by atoms with Gasteiger partial charge in [0.15, 0.2) is 5.78 Å². The van der Waals surface area contributed by atoms with Gasteiger partial charge in [0.2, 0.25) is 0 Å². The number of hydrogen-bond donors (Lipinski definition) is 0. The molecule has 0 aliphatic rings. The summed E-state index contributed by atoms with van der Waals surface area (Å²) in [6.45, 7) is 4.26. The molecular formula is C20H23ClO. The summed E-state index contributed by atoms with van der Waals surface area (Å²) >= 11 is 6.32. The first kappa shape index (κ1) is 16.8. The summed E-state index contributed by atoms with van der Waals surface area (Å²) in [4.78, 5) is 12.9. The number of carbonyl (C=O) groups excluding carboxylic acids is 1. The Morgan fingerprint density at radius 2 is 1.64 bits per heavy atom. The van der Waals surface area contributed by atoms with Crippen LogP contribution in [-0.2, 0) is 0 Å². The van der Waals surface area contributed by atoms with Crippen LogP contribution in [0.25, 0.3) is 11.1 Å². The highest BCUT2D eigenvalue weighted by Crippen LogP contribution is 2.32. The molecule has 2 aromatic rings. The minimum atomic E-state index is 0.101. The van der Waals surface area contributed by atoms with Gasteiger partial charge in [0, 0.05) is 22.1 Å². The van der Waals surface area contributed by atoms with E-state index in [0.29, 0.717) is 5.02 Å². The van der Waals surface area contributed by atoms with E-state index < -0.39 is 0 Å². The molecule has 0 saturated carbocycles. The van der Waals surface area contributed by atoms with Gasteiger partial charge in [0.1, 0.15) is 0 Å². The van der Waals surface area contributed by atoms with Crippen LogP contribution < -0.4 is 0 Å². The highest BCUT2D eigenvalue weighted by Gasteiger charge is 2.21. The second-order valence-electron chi connectivity index (χ2n) is 5.64. The minimum Gasteiger partial charge on any atom is -0.294 e. The zero-order valence-corrected chi connectivity index (χ0v) is 14.1. The smallest absolute Gasteiger partial charge is 0.166 e. The van der Waals surface area contributed by atoms with Crippen LogP contribution >= 0.6 is 11.6 Å². The molecule has 0 aliphatic heterocycles. The number of halogens is 1. The van der Waals surface area contributed by atoms with E-state index in [2.05, 4.69) is 13.8 Å². The lowest BCUT2D eigenvalue weighted by atomic mass is 9.87. The van der Waals surface area contributed by atoms with Crippen molar-refractivity contribution in [2.45, 2.75) is 39.5 Å². The summed E-state index contributed by atoms with van der Waals surface area (Å²) in [5.41, 5.74) is 2.66. The molecular weight excluding hydrogens is 292 g/mol. The Hall–Kier alpha value is -1.60.